The fraction of sp³-hybridized carbons (Fsp3) is 0.556. The van der Waals surface area contributed by atoms with Crippen molar-refractivity contribution < 1.29 is 28.7 Å². The molecule has 0 saturated carbocycles. The van der Waals surface area contributed by atoms with Crippen molar-refractivity contribution in [3.63, 3.8) is 0 Å². The van der Waals surface area contributed by atoms with Crippen LogP contribution in [0.2, 0.25) is 0 Å². The summed E-state index contributed by atoms with van der Waals surface area (Å²) in [7, 11) is 2.18. The second-order valence-electron chi connectivity index (χ2n) is 3.25. The maximum absolute atomic E-state index is 11.3. The Hall–Kier alpha value is -1.92. The maximum atomic E-state index is 11.3. The average molecular weight is 229 g/mol. The second kappa shape index (κ2) is 4.73. The Morgan fingerprint density at radius 1 is 1.25 bits per heavy atom. The molecular formula is C9H11NO6. The zero-order chi connectivity index (χ0) is 12.3. The third-order valence-electron chi connectivity index (χ3n) is 2.32. The van der Waals surface area contributed by atoms with Crippen LogP contribution in [0.4, 0.5) is 0 Å². The summed E-state index contributed by atoms with van der Waals surface area (Å²) in [4.78, 5) is 44.9. The smallest absolute Gasteiger partial charge is 0.320 e. The number of esters is 2. The van der Waals surface area contributed by atoms with Crippen LogP contribution in [-0.2, 0) is 28.7 Å². The molecule has 0 spiro atoms. The van der Waals surface area contributed by atoms with Gasteiger partial charge in [-0.15, -0.1) is 0 Å². The van der Waals surface area contributed by atoms with Gasteiger partial charge in [0.05, 0.1) is 20.1 Å². The molecule has 7 heteroatoms. The minimum Gasteiger partial charge on any atom is -0.468 e. The Kier molecular flexibility index (Phi) is 3.60. The zero-order valence-corrected chi connectivity index (χ0v) is 8.81. The fourth-order valence-electron chi connectivity index (χ4n) is 1.52. The Morgan fingerprint density at radius 3 is 2.06 bits per heavy atom. The van der Waals surface area contributed by atoms with E-state index in [2.05, 4.69) is 9.47 Å². The molecule has 0 aliphatic carbocycles. The number of amides is 2. The van der Waals surface area contributed by atoms with Gasteiger partial charge in [-0.05, 0) is 0 Å². The first-order chi connectivity index (χ1) is 7.51. The fourth-order valence-corrected chi connectivity index (χ4v) is 1.52. The van der Waals surface area contributed by atoms with E-state index in [-0.39, 0.29) is 6.42 Å². The standard InChI is InChI=1S/C9H11NO6/c1-15-8(13)6(9(14)16-2)4-3-5(11)10-7(4)12/h4,6H,3H2,1-2H3,(H,10,11,12)/t4-/m0/s1. The van der Waals surface area contributed by atoms with E-state index in [1.54, 1.807) is 0 Å². The molecule has 0 bridgehead atoms. The van der Waals surface area contributed by atoms with Gasteiger partial charge >= 0.3 is 11.9 Å². The van der Waals surface area contributed by atoms with Gasteiger partial charge in [-0.3, -0.25) is 24.5 Å². The van der Waals surface area contributed by atoms with Gasteiger partial charge in [-0.25, -0.2) is 0 Å². The molecule has 0 aromatic rings. The number of methoxy groups -OCH3 is 2. The molecule has 0 aromatic heterocycles. The van der Waals surface area contributed by atoms with Crippen LogP contribution in [0.15, 0.2) is 0 Å². The van der Waals surface area contributed by atoms with E-state index < -0.39 is 35.6 Å². The topological polar surface area (TPSA) is 98.8 Å². The molecule has 0 aromatic carbocycles. The van der Waals surface area contributed by atoms with Gasteiger partial charge in [-0.1, -0.05) is 0 Å². The van der Waals surface area contributed by atoms with Gasteiger partial charge < -0.3 is 9.47 Å². The molecule has 1 aliphatic heterocycles. The van der Waals surface area contributed by atoms with E-state index in [4.69, 9.17) is 0 Å². The number of hydrogen-bond acceptors (Lipinski definition) is 6. The quantitative estimate of drug-likeness (QED) is 0.363. The summed E-state index contributed by atoms with van der Waals surface area (Å²) < 4.78 is 8.80. The summed E-state index contributed by atoms with van der Waals surface area (Å²) in [6, 6.07) is 0. The Balaban J connectivity index is 2.93. The van der Waals surface area contributed by atoms with Crippen molar-refractivity contribution >= 4 is 23.8 Å². The first-order valence-electron chi connectivity index (χ1n) is 4.50. The van der Waals surface area contributed by atoms with E-state index in [9.17, 15) is 19.2 Å². The lowest BCUT2D eigenvalue weighted by atomic mass is 9.91. The van der Waals surface area contributed by atoms with E-state index >= 15 is 0 Å². The lowest BCUT2D eigenvalue weighted by Gasteiger charge is -2.15. The van der Waals surface area contributed by atoms with Crippen LogP contribution in [-0.4, -0.2) is 38.0 Å². The number of rotatable bonds is 3. The van der Waals surface area contributed by atoms with Crippen LogP contribution in [0.5, 0.6) is 0 Å². The molecular weight excluding hydrogens is 218 g/mol. The van der Waals surface area contributed by atoms with Gasteiger partial charge in [0.15, 0.2) is 5.92 Å². The van der Waals surface area contributed by atoms with Gasteiger partial charge in [0.25, 0.3) is 0 Å². The van der Waals surface area contributed by atoms with Crippen molar-refractivity contribution in [2.24, 2.45) is 11.8 Å². The van der Waals surface area contributed by atoms with Crippen molar-refractivity contribution in [1.29, 1.82) is 0 Å². The van der Waals surface area contributed by atoms with Crippen molar-refractivity contribution in [2.45, 2.75) is 6.42 Å². The minimum atomic E-state index is -1.39. The molecule has 2 amide bonds. The molecule has 0 unspecified atom stereocenters. The lowest BCUT2D eigenvalue weighted by Crippen LogP contribution is -2.37. The highest BCUT2D eigenvalue weighted by Gasteiger charge is 2.45. The van der Waals surface area contributed by atoms with Gasteiger partial charge in [0.1, 0.15) is 0 Å². The molecule has 0 radical (unpaired) electrons. The lowest BCUT2D eigenvalue weighted by molar-refractivity contribution is -0.163. The van der Waals surface area contributed by atoms with E-state index in [0.717, 1.165) is 14.2 Å². The number of hydrogen-bond donors (Lipinski definition) is 1. The number of carbonyl (C=O) groups excluding carboxylic acids is 4. The molecule has 1 rings (SSSR count). The summed E-state index contributed by atoms with van der Waals surface area (Å²) in [6.07, 6.45) is -0.215. The van der Waals surface area contributed by atoms with Gasteiger partial charge in [0.2, 0.25) is 11.8 Å². The van der Waals surface area contributed by atoms with E-state index in [1.807, 2.05) is 5.32 Å². The van der Waals surface area contributed by atoms with Crippen LogP contribution in [0, 0.1) is 11.8 Å². The van der Waals surface area contributed by atoms with Crippen LogP contribution < -0.4 is 5.32 Å². The van der Waals surface area contributed by atoms with E-state index in [0.29, 0.717) is 0 Å². The Labute approximate surface area is 91.1 Å². The first kappa shape index (κ1) is 12.2. The third kappa shape index (κ3) is 2.18. The zero-order valence-electron chi connectivity index (χ0n) is 8.81. The van der Waals surface area contributed by atoms with Crippen molar-refractivity contribution in [3.05, 3.63) is 0 Å². The van der Waals surface area contributed by atoms with Gasteiger partial charge in [-0.2, -0.15) is 0 Å². The van der Waals surface area contributed by atoms with Crippen LogP contribution >= 0.6 is 0 Å². The van der Waals surface area contributed by atoms with Crippen molar-refractivity contribution in [1.82, 2.24) is 5.32 Å². The number of imide groups is 1. The van der Waals surface area contributed by atoms with Crippen LogP contribution in [0.1, 0.15) is 6.42 Å². The Bertz CT molecular complexity index is 334. The first-order valence-corrected chi connectivity index (χ1v) is 4.50. The summed E-state index contributed by atoms with van der Waals surface area (Å²) in [5, 5.41) is 2.01. The number of nitrogens with one attached hydrogen (secondary N) is 1. The Morgan fingerprint density at radius 2 is 1.75 bits per heavy atom. The molecule has 1 N–H and O–H groups in total. The third-order valence-corrected chi connectivity index (χ3v) is 2.32. The average Bonchev–Trinajstić information content (AvgIpc) is 2.57. The maximum Gasteiger partial charge on any atom is 0.320 e. The predicted octanol–water partition coefficient (Wildman–Crippen LogP) is -1.39. The summed E-state index contributed by atoms with van der Waals surface area (Å²) in [5.74, 6) is -5.39. The molecule has 1 aliphatic rings. The molecule has 1 heterocycles. The summed E-state index contributed by atoms with van der Waals surface area (Å²) in [5.41, 5.74) is 0. The largest absolute Gasteiger partial charge is 0.468 e. The highest BCUT2D eigenvalue weighted by molar-refractivity contribution is 6.09. The summed E-state index contributed by atoms with van der Waals surface area (Å²) in [6.45, 7) is 0. The molecule has 1 atom stereocenters. The molecule has 1 fully saturated rings. The monoisotopic (exact) mass is 229 g/mol. The van der Waals surface area contributed by atoms with Gasteiger partial charge in [0, 0.05) is 6.42 Å². The van der Waals surface area contributed by atoms with E-state index in [1.165, 1.54) is 0 Å². The van der Waals surface area contributed by atoms with Crippen LogP contribution in [0.3, 0.4) is 0 Å². The molecule has 88 valence electrons. The van der Waals surface area contributed by atoms with Crippen molar-refractivity contribution in [3.8, 4) is 0 Å². The number of ether oxygens (including phenoxy) is 2. The molecule has 7 nitrogen and oxygen atoms in total. The van der Waals surface area contributed by atoms with Crippen LogP contribution in [0.25, 0.3) is 0 Å². The second-order valence-corrected chi connectivity index (χ2v) is 3.25. The van der Waals surface area contributed by atoms with Crippen molar-refractivity contribution in [2.75, 3.05) is 14.2 Å². The predicted molar refractivity (Wildman–Crippen MR) is 48.8 cm³/mol. The highest BCUT2D eigenvalue weighted by Crippen LogP contribution is 2.23. The number of carbonyl (C=O) groups is 4. The highest BCUT2D eigenvalue weighted by atomic mass is 16.5. The minimum absolute atomic E-state index is 0.215. The SMILES string of the molecule is COC(=O)C(C(=O)OC)[C@@H]1CC(=O)NC1=O. The molecule has 16 heavy (non-hydrogen) atoms. The summed E-state index contributed by atoms with van der Waals surface area (Å²) >= 11 is 0. The normalized spacial score (nSPS) is 19.6. The molecule has 1 saturated heterocycles.